The molecule has 0 unspecified atom stereocenters. The number of H-pyrrole nitrogens is 1. The summed E-state index contributed by atoms with van der Waals surface area (Å²) in [4.78, 5) is 12.1. The molecule has 0 atom stereocenters. The summed E-state index contributed by atoms with van der Waals surface area (Å²) in [6, 6.07) is 5.75. The second-order valence-electron chi connectivity index (χ2n) is 4.35. The number of carbonyl (C=O) groups excluding carboxylic acids is 1. The van der Waals surface area contributed by atoms with Crippen LogP contribution in [-0.4, -0.2) is 22.6 Å². The van der Waals surface area contributed by atoms with Crippen LogP contribution in [0, 0.1) is 6.92 Å². The van der Waals surface area contributed by atoms with Crippen LogP contribution in [0.3, 0.4) is 0 Å². The molecule has 0 aliphatic carbocycles. The third-order valence-electron chi connectivity index (χ3n) is 2.86. The smallest absolute Gasteiger partial charge is 0.251 e. The molecule has 5 heteroatoms. The number of aromatic amines is 1. The van der Waals surface area contributed by atoms with Crippen molar-refractivity contribution in [3.05, 3.63) is 47.3 Å². The van der Waals surface area contributed by atoms with Gasteiger partial charge in [-0.15, -0.1) is 0 Å². The van der Waals surface area contributed by atoms with Gasteiger partial charge in [-0.25, -0.2) is 0 Å². The Balaban J connectivity index is 2.02. The molecule has 2 rings (SSSR count). The van der Waals surface area contributed by atoms with Gasteiger partial charge in [0.2, 0.25) is 0 Å². The summed E-state index contributed by atoms with van der Waals surface area (Å²) in [7, 11) is 0. The van der Waals surface area contributed by atoms with Gasteiger partial charge in [0.25, 0.3) is 5.91 Å². The van der Waals surface area contributed by atoms with Gasteiger partial charge in [0.1, 0.15) is 0 Å². The van der Waals surface area contributed by atoms with Crippen LogP contribution < -0.4 is 10.6 Å². The Labute approximate surface area is 112 Å². The number of amides is 1. The van der Waals surface area contributed by atoms with Gasteiger partial charge in [0.15, 0.2) is 0 Å². The van der Waals surface area contributed by atoms with Gasteiger partial charge in [-0.1, -0.05) is 0 Å². The van der Waals surface area contributed by atoms with E-state index in [2.05, 4.69) is 20.8 Å². The molecule has 1 heterocycles. The Morgan fingerprint density at radius 2 is 2.26 bits per heavy atom. The van der Waals surface area contributed by atoms with Gasteiger partial charge in [-0.3, -0.25) is 9.89 Å². The summed E-state index contributed by atoms with van der Waals surface area (Å²) in [6.45, 7) is 5.32. The molecule has 2 aromatic rings. The molecular weight excluding hydrogens is 240 g/mol. The average molecular weight is 258 g/mol. The zero-order valence-corrected chi connectivity index (χ0v) is 11.2. The predicted octanol–water partition coefficient (Wildman–Crippen LogP) is 2.08. The van der Waals surface area contributed by atoms with Crippen LogP contribution in [0.4, 0.5) is 5.69 Å². The predicted molar refractivity (Wildman–Crippen MR) is 75.1 cm³/mol. The van der Waals surface area contributed by atoms with Crippen LogP contribution in [-0.2, 0) is 6.54 Å². The Kier molecular flexibility index (Phi) is 4.18. The summed E-state index contributed by atoms with van der Waals surface area (Å²) >= 11 is 0. The van der Waals surface area contributed by atoms with E-state index in [1.54, 1.807) is 12.4 Å². The quantitative estimate of drug-likeness (QED) is 0.769. The number of hydrogen-bond donors (Lipinski definition) is 3. The number of nitrogens with zero attached hydrogens (tertiary/aromatic N) is 1. The van der Waals surface area contributed by atoms with Crippen molar-refractivity contribution >= 4 is 11.6 Å². The van der Waals surface area contributed by atoms with Crippen molar-refractivity contribution in [2.45, 2.75) is 20.4 Å². The van der Waals surface area contributed by atoms with Crippen molar-refractivity contribution in [3.63, 3.8) is 0 Å². The third-order valence-corrected chi connectivity index (χ3v) is 2.86. The number of nitrogens with one attached hydrogen (secondary N) is 3. The Hall–Kier alpha value is -2.30. The van der Waals surface area contributed by atoms with Crippen molar-refractivity contribution in [1.82, 2.24) is 15.5 Å². The molecule has 1 aromatic carbocycles. The highest BCUT2D eigenvalue weighted by molar-refractivity contribution is 5.96. The zero-order valence-electron chi connectivity index (χ0n) is 11.2. The molecule has 5 nitrogen and oxygen atoms in total. The molecule has 19 heavy (non-hydrogen) atoms. The van der Waals surface area contributed by atoms with E-state index in [1.165, 1.54) is 0 Å². The van der Waals surface area contributed by atoms with Crippen LogP contribution in [0.1, 0.15) is 28.4 Å². The van der Waals surface area contributed by atoms with Crippen molar-refractivity contribution in [1.29, 1.82) is 0 Å². The Morgan fingerprint density at radius 3 is 2.89 bits per heavy atom. The fourth-order valence-corrected chi connectivity index (χ4v) is 1.88. The van der Waals surface area contributed by atoms with Gasteiger partial charge >= 0.3 is 0 Å². The summed E-state index contributed by atoms with van der Waals surface area (Å²) < 4.78 is 0. The maximum absolute atomic E-state index is 12.1. The first kappa shape index (κ1) is 13.1. The number of hydrogen-bond acceptors (Lipinski definition) is 3. The number of carbonyl (C=O) groups is 1. The number of aryl methyl sites for hydroxylation is 1. The molecule has 1 amide bonds. The molecule has 0 saturated carbocycles. The van der Waals surface area contributed by atoms with E-state index in [0.717, 1.165) is 23.4 Å². The molecule has 0 radical (unpaired) electrons. The monoisotopic (exact) mass is 258 g/mol. The lowest BCUT2D eigenvalue weighted by Gasteiger charge is -2.09. The molecule has 0 saturated heterocycles. The van der Waals surface area contributed by atoms with E-state index in [9.17, 15) is 4.79 Å². The van der Waals surface area contributed by atoms with Crippen molar-refractivity contribution in [3.8, 4) is 0 Å². The standard InChI is InChI=1S/C14H18N4O/c1-3-15-12-4-5-13(10(2)6-12)14(19)16-7-11-8-17-18-9-11/h4-6,8-9,15H,3,7H2,1-2H3,(H,16,19)(H,17,18). The van der Waals surface area contributed by atoms with E-state index in [1.807, 2.05) is 32.0 Å². The van der Waals surface area contributed by atoms with Crippen molar-refractivity contribution in [2.24, 2.45) is 0 Å². The summed E-state index contributed by atoms with van der Waals surface area (Å²) in [5, 5.41) is 12.7. The second kappa shape index (κ2) is 6.04. The van der Waals surface area contributed by atoms with Crippen LogP contribution in [0.2, 0.25) is 0 Å². The SMILES string of the molecule is CCNc1ccc(C(=O)NCc2cn[nH]c2)c(C)c1. The number of rotatable bonds is 5. The molecular formula is C14H18N4O. The maximum atomic E-state index is 12.1. The van der Waals surface area contributed by atoms with E-state index in [4.69, 9.17) is 0 Å². The van der Waals surface area contributed by atoms with Crippen molar-refractivity contribution < 1.29 is 4.79 Å². The van der Waals surface area contributed by atoms with Crippen molar-refractivity contribution in [2.75, 3.05) is 11.9 Å². The first-order chi connectivity index (χ1) is 9.20. The average Bonchev–Trinajstić information content (AvgIpc) is 2.89. The highest BCUT2D eigenvalue weighted by Crippen LogP contribution is 2.15. The molecule has 3 N–H and O–H groups in total. The zero-order chi connectivity index (χ0) is 13.7. The lowest BCUT2D eigenvalue weighted by atomic mass is 10.1. The second-order valence-corrected chi connectivity index (χ2v) is 4.35. The van der Waals surface area contributed by atoms with Crippen LogP contribution in [0.25, 0.3) is 0 Å². The molecule has 1 aromatic heterocycles. The minimum atomic E-state index is -0.0678. The molecule has 0 spiro atoms. The minimum absolute atomic E-state index is 0.0678. The minimum Gasteiger partial charge on any atom is -0.385 e. The number of aromatic nitrogens is 2. The molecule has 0 fully saturated rings. The number of anilines is 1. The summed E-state index contributed by atoms with van der Waals surface area (Å²) in [6.07, 6.45) is 3.46. The van der Waals surface area contributed by atoms with Gasteiger partial charge < -0.3 is 10.6 Å². The fraction of sp³-hybridized carbons (Fsp3) is 0.286. The summed E-state index contributed by atoms with van der Waals surface area (Å²) in [5.74, 6) is -0.0678. The van der Waals surface area contributed by atoms with Crippen LogP contribution in [0.15, 0.2) is 30.6 Å². The van der Waals surface area contributed by atoms with E-state index in [0.29, 0.717) is 12.1 Å². The third kappa shape index (κ3) is 3.34. The molecule has 100 valence electrons. The van der Waals surface area contributed by atoms with Crippen LogP contribution in [0.5, 0.6) is 0 Å². The highest BCUT2D eigenvalue weighted by atomic mass is 16.1. The van der Waals surface area contributed by atoms with Gasteiger partial charge in [-0.05, 0) is 37.6 Å². The van der Waals surface area contributed by atoms with Crippen LogP contribution >= 0.6 is 0 Å². The highest BCUT2D eigenvalue weighted by Gasteiger charge is 2.09. The first-order valence-electron chi connectivity index (χ1n) is 6.31. The Morgan fingerprint density at radius 1 is 1.42 bits per heavy atom. The topological polar surface area (TPSA) is 69.8 Å². The first-order valence-corrected chi connectivity index (χ1v) is 6.31. The van der Waals surface area contributed by atoms with E-state index >= 15 is 0 Å². The van der Waals surface area contributed by atoms with Gasteiger partial charge in [-0.2, -0.15) is 5.10 Å². The van der Waals surface area contributed by atoms with Gasteiger partial charge in [0.05, 0.1) is 6.20 Å². The lowest BCUT2D eigenvalue weighted by Crippen LogP contribution is -2.23. The largest absolute Gasteiger partial charge is 0.385 e. The molecule has 0 aliphatic rings. The normalized spacial score (nSPS) is 10.2. The maximum Gasteiger partial charge on any atom is 0.251 e. The summed E-state index contributed by atoms with van der Waals surface area (Å²) in [5.41, 5.74) is 3.65. The van der Waals surface area contributed by atoms with E-state index in [-0.39, 0.29) is 5.91 Å². The fourth-order valence-electron chi connectivity index (χ4n) is 1.88. The lowest BCUT2D eigenvalue weighted by molar-refractivity contribution is 0.0950. The molecule has 0 aliphatic heterocycles. The van der Waals surface area contributed by atoms with E-state index < -0.39 is 0 Å². The molecule has 0 bridgehead atoms. The van der Waals surface area contributed by atoms with Gasteiger partial charge in [0, 0.05) is 36.1 Å². The number of benzene rings is 1. The Bertz CT molecular complexity index is 549.